The lowest BCUT2D eigenvalue weighted by Gasteiger charge is -2.20. The summed E-state index contributed by atoms with van der Waals surface area (Å²) in [6, 6.07) is 11.6. The molecule has 0 bridgehead atoms. The molecule has 0 spiro atoms. The summed E-state index contributed by atoms with van der Waals surface area (Å²) in [5, 5.41) is 11.1. The van der Waals surface area contributed by atoms with Gasteiger partial charge in [-0.15, -0.1) is 0 Å². The summed E-state index contributed by atoms with van der Waals surface area (Å²) in [7, 11) is 1.55. The Bertz CT molecular complexity index is 815. The number of ether oxygens (including phenoxy) is 2. The third-order valence-electron chi connectivity index (χ3n) is 4.41. The van der Waals surface area contributed by atoms with Gasteiger partial charge in [0, 0.05) is 30.8 Å². The fraction of sp³-hybridized carbons (Fsp3) is 0.316. The first-order chi connectivity index (χ1) is 12.6. The fourth-order valence-corrected chi connectivity index (χ4v) is 3.08. The maximum Gasteiger partial charge on any atom is 0.340 e. The molecule has 0 unspecified atom stereocenters. The Morgan fingerprint density at radius 1 is 1.19 bits per heavy atom. The molecular formula is C19H20N2O5. The normalized spacial score (nSPS) is 13.5. The maximum atomic E-state index is 12.7. The molecule has 0 saturated carbocycles. The van der Waals surface area contributed by atoms with Crippen molar-refractivity contribution >= 4 is 17.3 Å². The molecule has 0 aromatic heterocycles. The molecule has 1 aliphatic heterocycles. The van der Waals surface area contributed by atoms with E-state index in [2.05, 4.69) is 4.90 Å². The number of para-hydroxylation sites is 1. The summed E-state index contributed by atoms with van der Waals surface area (Å²) in [5.41, 5.74) is 1.50. The quantitative estimate of drug-likeness (QED) is 0.447. The molecule has 0 atom stereocenters. The highest BCUT2D eigenvalue weighted by Gasteiger charge is 2.23. The summed E-state index contributed by atoms with van der Waals surface area (Å²) >= 11 is 0. The summed E-state index contributed by atoms with van der Waals surface area (Å²) in [4.78, 5) is 25.3. The van der Waals surface area contributed by atoms with Gasteiger partial charge in [-0.2, -0.15) is 0 Å². The number of nitro groups is 1. The van der Waals surface area contributed by atoms with Crippen LogP contribution in [0.5, 0.6) is 5.75 Å². The lowest BCUT2D eigenvalue weighted by atomic mass is 10.1. The van der Waals surface area contributed by atoms with Gasteiger partial charge in [0.1, 0.15) is 12.4 Å². The molecule has 1 fully saturated rings. The van der Waals surface area contributed by atoms with E-state index in [1.54, 1.807) is 25.3 Å². The van der Waals surface area contributed by atoms with E-state index in [0.717, 1.165) is 31.5 Å². The SMILES string of the molecule is COc1ccccc1COC(=O)c1cc([N+](=O)[O-])ccc1N1CCCC1. The molecule has 0 aliphatic carbocycles. The van der Waals surface area contributed by atoms with Crippen LogP contribution >= 0.6 is 0 Å². The Kier molecular flexibility index (Phi) is 5.36. The number of nitrogens with zero attached hydrogens (tertiary/aromatic N) is 2. The molecule has 0 amide bonds. The Hall–Kier alpha value is -3.09. The van der Waals surface area contributed by atoms with Crippen molar-refractivity contribution in [3.05, 3.63) is 63.7 Å². The van der Waals surface area contributed by atoms with E-state index in [0.29, 0.717) is 11.4 Å². The first-order valence-electron chi connectivity index (χ1n) is 8.42. The van der Waals surface area contributed by atoms with Crippen LogP contribution in [0.3, 0.4) is 0 Å². The first-order valence-corrected chi connectivity index (χ1v) is 8.42. The topological polar surface area (TPSA) is 81.9 Å². The second-order valence-electron chi connectivity index (χ2n) is 6.04. The van der Waals surface area contributed by atoms with Gasteiger partial charge < -0.3 is 14.4 Å². The van der Waals surface area contributed by atoms with Crippen LogP contribution in [0.2, 0.25) is 0 Å². The second kappa shape index (κ2) is 7.86. The van der Waals surface area contributed by atoms with E-state index in [1.807, 2.05) is 12.1 Å². The number of carbonyl (C=O) groups is 1. The Balaban J connectivity index is 1.84. The van der Waals surface area contributed by atoms with E-state index in [9.17, 15) is 14.9 Å². The predicted octanol–water partition coefficient (Wildman–Crippen LogP) is 3.56. The zero-order valence-corrected chi connectivity index (χ0v) is 14.5. The van der Waals surface area contributed by atoms with Crippen molar-refractivity contribution in [2.24, 2.45) is 0 Å². The van der Waals surface area contributed by atoms with E-state index in [1.165, 1.54) is 12.1 Å². The second-order valence-corrected chi connectivity index (χ2v) is 6.04. The molecule has 1 aliphatic rings. The van der Waals surface area contributed by atoms with Gasteiger partial charge in [0.15, 0.2) is 0 Å². The monoisotopic (exact) mass is 356 g/mol. The van der Waals surface area contributed by atoms with Gasteiger partial charge in [-0.1, -0.05) is 18.2 Å². The minimum absolute atomic E-state index is 0.0327. The highest BCUT2D eigenvalue weighted by molar-refractivity contribution is 5.96. The molecule has 3 rings (SSSR count). The smallest absolute Gasteiger partial charge is 0.340 e. The van der Waals surface area contributed by atoms with Crippen LogP contribution in [0, 0.1) is 10.1 Å². The number of hydrogen-bond donors (Lipinski definition) is 0. The van der Waals surface area contributed by atoms with Crippen LogP contribution in [0.4, 0.5) is 11.4 Å². The predicted molar refractivity (Wildman–Crippen MR) is 96.7 cm³/mol. The molecule has 7 heteroatoms. The molecule has 0 radical (unpaired) electrons. The molecule has 1 saturated heterocycles. The third-order valence-corrected chi connectivity index (χ3v) is 4.41. The van der Waals surface area contributed by atoms with Crippen molar-refractivity contribution in [3.63, 3.8) is 0 Å². The molecule has 136 valence electrons. The number of esters is 1. The van der Waals surface area contributed by atoms with Gasteiger partial charge in [0.05, 0.1) is 23.3 Å². The Morgan fingerprint density at radius 3 is 2.62 bits per heavy atom. The van der Waals surface area contributed by atoms with Gasteiger partial charge in [0.25, 0.3) is 5.69 Å². The number of benzene rings is 2. The van der Waals surface area contributed by atoms with Gasteiger partial charge in [-0.3, -0.25) is 10.1 Å². The lowest BCUT2D eigenvalue weighted by molar-refractivity contribution is -0.384. The highest BCUT2D eigenvalue weighted by atomic mass is 16.6. The van der Waals surface area contributed by atoms with Crippen molar-refractivity contribution in [1.82, 2.24) is 0 Å². The fourth-order valence-electron chi connectivity index (χ4n) is 3.08. The zero-order chi connectivity index (χ0) is 18.5. The van der Waals surface area contributed by atoms with Crippen LogP contribution in [0.1, 0.15) is 28.8 Å². The number of anilines is 1. The summed E-state index contributed by atoms with van der Waals surface area (Å²) in [6.07, 6.45) is 2.07. The standard InChI is InChI=1S/C19H20N2O5/c1-25-18-7-3-2-6-14(18)13-26-19(22)16-12-15(21(23)24)8-9-17(16)20-10-4-5-11-20/h2-3,6-9,12H,4-5,10-11,13H2,1H3. The average molecular weight is 356 g/mol. The lowest BCUT2D eigenvalue weighted by Crippen LogP contribution is -2.21. The summed E-state index contributed by atoms with van der Waals surface area (Å²) in [5.74, 6) is 0.0422. The van der Waals surface area contributed by atoms with E-state index >= 15 is 0 Å². The Labute approximate surface area is 151 Å². The van der Waals surface area contributed by atoms with Crippen LogP contribution in [-0.2, 0) is 11.3 Å². The highest BCUT2D eigenvalue weighted by Crippen LogP contribution is 2.29. The average Bonchev–Trinajstić information content (AvgIpc) is 3.20. The molecule has 7 nitrogen and oxygen atoms in total. The van der Waals surface area contributed by atoms with Crippen molar-refractivity contribution in [2.75, 3.05) is 25.1 Å². The van der Waals surface area contributed by atoms with Gasteiger partial charge >= 0.3 is 5.97 Å². The van der Waals surface area contributed by atoms with Crippen molar-refractivity contribution < 1.29 is 19.2 Å². The van der Waals surface area contributed by atoms with Crippen LogP contribution in [0.15, 0.2) is 42.5 Å². The van der Waals surface area contributed by atoms with E-state index in [-0.39, 0.29) is 17.9 Å². The molecule has 2 aromatic carbocycles. The van der Waals surface area contributed by atoms with E-state index in [4.69, 9.17) is 9.47 Å². The summed E-state index contributed by atoms with van der Waals surface area (Å²) in [6.45, 7) is 1.68. The molecule has 2 aromatic rings. The number of nitro benzene ring substituents is 1. The van der Waals surface area contributed by atoms with Crippen molar-refractivity contribution in [3.8, 4) is 5.75 Å². The number of non-ortho nitro benzene ring substituents is 1. The van der Waals surface area contributed by atoms with Gasteiger partial charge in [-0.25, -0.2) is 4.79 Å². The number of methoxy groups -OCH3 is 1. The summed E-state index contributed by atoms with van der Waals surface area (Å²) < 4.78 is 10.7. The van der Waals surface area contributed by atoms with E-state index < -0.39 is 10.9 Å². The van der Waals surface area contributed by atoms with Gasteiger partial charge in [0.2, 0.25) is 0 Å². The van der Waals surface area contributed by atoms with Crippen LogP contribution < -0.4 is 9.64 Å². The van der Waals surface area contributed by atoms with Crippen LogP contribution in [0.25, 0.3) is 0 Å². The van der Waals surface area contributed by atoms with Gasteiger partial charge in [-0.05, 0) is 25.0 Å². The third kappa shape index (κ3) is 3.77. The first kappa shape index (κ1) is 17.7. The largest absolute Gasteiger partial charge is 0.496 e. The van der Waals surface area contributed by atoms with Crippen molar-refractivity contribution in [2.45, 2.75) is 19.4 Å². The molecule has 26 heavy (non-hydrogen) atoms. The molecule has 0 N–H and O–H groups in total. The van der Waals surface area contributed by atoms with Crippen LogP contribution in [-0.4, -0.2) is 31.1 Å². The number of carbonyl (C=O) groups excluding carboxylic acids is 1. The van der Waals surface area contributed by atoms with Crippen molar-refractivity contribution in [1.29, 1.82) is 0 Å². The zero-order valence-electron chi connectivity index (χ0n) is 14.5. The number of hydrogen-bond acceptors (Lipinski definition) is 6. The molecular weight excluding hydrogens is 336 g/mol. The molecule has 1 heterocycles. The minimum Gasteiger partial charge on any atom is -0.496 e. The minimum atomic E-state index is -0.582. The number of rotatable bonds is 6. The Morgan fingerprint density at radius 2 is 1.92 bits per heavy atom. The maximum absolute atomic E-state index is 12.7.